The van der Waals surface area contributed by atoms with Crippen molar-refractivity contribution >= 4 is 17.1 Å². The summed E-state index contributed by atoms with van der Waals surface area (Å²) in [6.45, 7) is 5.61. The van der Waals surface area contributed by atoms with Crippen molar-refractivity contribution in [3.05, 3.63) is 64.1 Å². The molecule has 0 radical (unpaired) electrons. The van der Waals surface area contributed by atoms with Crippen LogP contribution in [0.2, 0.25) is 0 Å². The molecule has 30 heavy (non-hydrogen) atoms. The predicted molar refractivity (Wildman–Crippen MR) is 106 cm³/mol. The number of aromatic nitrogens is 5. The van der Waals surface area contributed by atoms with Crippen LogP contribution in [0.4, 0.5) is 4.39 Å². The van der Waals surface area contributed by atoms with Crippen LogP contribution in [0.5, 0.6) is 0 Å². The number of rotatable bonds is 4. The van der Waals surface area contributed by atoms with Crippen LogP contribution in [0, 0.1) is 5.82 Å². The molecule has 0 atom stereocenters. The molecule has 1 aromatic carbocycles. The molecule has 0 spiro atoms. The third-order valence-electron chi connectivity index (χ3n) is 4.49. The third-order valence-corrected chi connectivity index (χ3v) is 4.49. The highest BCUT2D eigenvalue weighted by Crippen LogP contribution is 2.26. The van der Waals surface area contributed by atoms with Crippen LogP contribution in [-0.4, -0.2) is 31.1 Å². The normalized spacial score (nSPS) is 11.7. The number of halogens is 1. The number of carbonyl (C=O) groups excluding carboxylic acids is 1. The maximum Gasteiger partial charge on any atom is 0.325 e. The fraction of sp³-hybridized carbons (Fsp3) is 0.250. The zero-order chi connectivity index (χ0) is 21.5. The molecule has 0 aliphatic rings. The summed E-state index contributed by atoms with van der Waals surface area (Å²) in [5.41, 5.74) is 1.61. The summed E-state index contributed by atoms with van der Waals surface area (Å²) < 4.78 is 20.0. The maximum absolute atomic E-state index is 14.7. The molecular weight excluding hydrogens is 391 g/mol. The average Bonchev–Trinajstić information content (AvgIpc) is 3.32. The van der Waals surface area contributed by atoms with E-state index in [-0.39, 0.29) is 29.1 Å². The summed E-state index contributed by atoms with van der Waals surface area (Å²) in [6.07, 6.45) is 1.53. The second-order valence-corrected chi connectivity index (χ2v) is 7.81. The second-order valence-electron chi connectivity index (χ2n) is 7.81. The zero-order valence-electron chi connectivity index (χ0n) is 16.5. The smallest absolute Gasteiger partial charge is 0.325 e. The highest BCUT2D eigenvalue weighted by atomic mass is 19.1. The zero-order valence-corrected chi connectivity index (χ0v) is 16.5. The molecule has 4 aromatic rings. The van der Waals surface area contributed by atoms with Gasteiger partial charge in [0.1, 0.15) is 5.82 Å². The molecular formula is C20H19FN6O3. The van der Waals surface area contributed by atoms with Gasteiger partial charge in [0.15, 0.2) is 5.65 Å². The van der Waals surface area contributed by atoms with Crippen LogP contribution in [0.1, 0.15) is 42.9 Å². The van der Waals surface area contributed by atoms with Gasteiger partial charge < -0.3 is 14.7 Å². The average molecular weight is 410 g/mol. The molecule has 1 amide bonds. The van der Waals surface area contributed by atoms with Gasteiger partial charge in [-0.1, -0.05) is 32.9 Å². The lowest BCUT2D eigenvalue weighted by atomic mass is 9.97. The van der Waals surface area contributed by atoms with Gasteiger partial charge in [0.2, 0.25) is 5.89 Å². The number of benzene rings is 1. The van der Waals surface area contributed by atoms with Gasteiger partial charge >= 0.3 is 17.5 Å². The number of nitrogens with one attached hydrogen (secondary N) is 3. The van der Waals surface area contributed by atoms with Gasteiger partial charge in [-0.3, -0.25) is 9.78 Å². The molecule has 9 nitrogen and oxygen atoms in total. The molecule has 4 rings (SSSR count). The van der Waals surface area contributed by atoms with E-state index in [1.54, 1.807) is 18.2 Å². The minimum Gasteiger partial charge on any atom is -0.416 e. The van der Waals surface area contributed by atoms with Gasteiger partial charge in [0.05, 0.1) is 5.52 Å². The maximum atomic E-state index is 14.7. The van der Waals surface area contributed by atoms with Gasteiger partial charge in [-0.05, 0) is 17.7 Å². The molecule has 3 N–H and O–H groups in total. The SMILES string of the molecule is CC(C)(C)c1nnc(C(=O)NCc2ccc(-c3ccnc4[nH]c(=O)[nH]c34)cc2F)o1. The lowest BCUT2D eigenvalue weighted by molar-refractivity contribution is 0.0912. The summed E-state index contributed by atoms with van der Waals surface area (Å²) in [5, 5.41) is 10.2. The molecule has 154 valence electrons. The van der Waals surface area contributed by atoms with Crippen molar-refractivity contribution in [3.8, 4) is 11.1 Å². The first-order chi connectivity index (χ1) is 14.2. The third kappa shape index (κ3) is 3.71. The Kier molecular flexibility index (Phi) is 4.69. The Hall–Kier alpha value is -3.82. The Morgan fingerprint density at radius 1 is 1.20 bits per heavy atom. The predicted octanol–water partition coefficient (Wildman–Crippen LogP) is 2.67. The first-order valence-electron chi connectivity index (χ1n) is 9.20. The topological polar surface area (TPSA) is 130 Å². The lowest BCUT2D eigenvalue weighted by Gasteiger charge is -2.11. The fourth-order valence-electron chi connectivity index (χ4n) is 2.90. The molecule has 0 saturated heterocycles. The molecule has 0 fully saturated rings. The Labute approximate surface area is 169 Å². The monoisotopic (exact) mass is 410 g/mol. The molecule has 0 bridgehead atoms. The number of nitrogens with zero attached hydrogens (tertiary/aromatic N) is 3. The number of amides is 1. The van der Waals surface area contributed by atoms with Crippen LogP contribution >= 0.6 is 0 Å². The van der Waals surface area contributed by atoms with Gasteiger partial charge in [-0.2, -0.15) is 0 Å². The quantitative estimate of drug-likeness (QED) is 0.474. The van der Waals surface area contributed by atoms with Crippen molar-refractivity contribution < 1.29 is 13.6 Å². The van der Waals surface area contributed by atoms with Crippen LogP contribution in [0.3, 0.4) is 0 Å². The second kappa shape index (κ2) is 7.21. The van der Waals surface area contributed by atoms with Crippen molar-refractivity contribution in [2.75, 3.05) is 0 Å². The van der Waals surface area contributed by atoms with Crippen LogP contribution in [-0.2, 0) is 12.0 Å². The number of hydrogen-bond acceptors (Lipinski definition) is 6. The van der Waals surface area contributed by atoms with E-state index in [2.05, 4.69) is 30.5 Å². The van der Waals surface area contributed by atoms with Crippen molar-refractivity contribution in [1.29, 1.82) is 0 Å². The first kappa shape index (κ1) is 19.5. The first-order valence-corrected chi connectivity index (χ1v) is 9.20. The number of fused-ring (bicyclic) bond motifs is 1. The van der Waals surface area contributed by atoms with E-state index in [4.69, 9.17) is 4.42 Å². The van der Waals surface area contributed by atoms with Gasteiger partial charge in [0, 0.05) is 29.3 Å². The molecule has 3 aromatic heterocycles. The van der Waals surface area contributed by atoms with Crippen molar-refractivity contribution in [2.45, 2.75) is 32.7 Å². The highest BCUT2D eigenvalue weighted by molar-refractivity contribution is 5.90. The van der Waals surface area contributed by atoms with Crippen LogP contribution < -0.4 is 11.0 Å². The minimum atomic E-state index is -0.581. The van der Waals surface area contributed by atoms with Crippen LogP contribution in [0.25, 0.3) is 22.3 Å². The lowest BCUT2D eigenvalue weighted by Crippen LogP contribution is -2.23. The number of imidazole rings is 1. The van der Waals surface area contributed by atoms with E-state index in [9.17, 15) is 14.0 Å². The minimum absolute atomic E-state index is 0.0507. The largest absolute Gasteiger partial charge is 0.416 e. The van der Waals surface area contributed by atoms with E-state index in [1.807, 2.05) is 20.8 Å². The van der Waals surface area contributed by atoms with E-state index < -0.39 is 11.7 Å². The summed E-state index contributed by atoms with van der Waals surface area (Å²) >= 11 is 0. The Bertz CT molecular complexity index is 1300. The molecule has 10 heteroatoms. The number of H-pyrrole nitrogens is 2. The van der Waals surface area contributed by atoms with Gasteiger partial charge in [-0.25, -0.2) is 14.2 Å². The number of pyridine rings is 1. The van der Waals surface area contributed by atoms with Gasteiger partial charge in [-0.15, -0.1) is 10.2 Å². The number of carbonyl (C=O) groups is 1. The summed E-state index contributed by atoms with van der Waals surface area (Å²) in [6, 6.07) is 6.29. The number of aromatic amines is 2. The molecule has 0 aliphatic heterocycles. The Morgan fingerprint density at radius 3 is 2.70 bits per heavy atom. The van der Waals surface area contributed by atoms with Crippen molar-refractivity contribution in [3.63, 3.8) is 0 Å². The summed E-state index contributed by atoms with van der Waals surface area (Å²) in [7, 11) is 0. The summed E-state index contributed by atoms with van der Waals surface area (Å²) in [4.78, 5) is 33.1. The molecule has 3 heterocycles. The van der Waals surface area contributed by atoms with E-state index in [1.165, 1.54) is 12.3 Å². The Balaban J connectivity index is 1.52. The van der Waals surface area contributed by atoms with Gasteiger partial charge in [0.25, 0.3) is 0 Å². The summed E-state index contributed by atoms with van der Waals surface area (Å²) in [5.74, 6) is -0.916. The van der Waals surface area contributed by atoms with Crippen molar-refractivity contribution in [2.24, 2.45) is 0 Å². The molecule has 0 unspecified atom stereocenters. The van der Waals surface area contributed by atoms with E-state index in [0.29, 0.717) is 28.2 Å². The molecule has 0 aliphatic carbocycles. The fourth-order valence-corrected chi connectivity index (χ4v) is 2.90. The van der Waals surface area contributed by atoms with E-state index >= 15 is 0 Å². The molecule has 0 saturated carbocycles. The van der Waals surface area contributed by atoms with E-state index in [0.717, 1.165) is 0 Å². The van der Waals surface area contributed by atoms with Crippen molar-refractivity contribution in [1.82, 2.24) is 30.5 Å². The Morgan fingerprint density at radius 2 is 2.00 bits per heavy atom. The number of hydrogen-bond donors (Lipinski definition) is 3. The highest BCUT2D eigenvalue weighted by Gasteiger charge is 2.24. The van der Waals surface area contributed by atoms with Crippen LogP contribution in [0.15, 0.2) is 39.7 Å². The standard InChI is InChI=1S/C20H19FN6O3/c1-20(2,3)18-27-26-17(30-18)16(28)23-9-11-5-4-10(8-13(11)21)12-6-7-22-15-14(12)24-19(29)25-15/h4-8H,9H2,1-3H3,(H,23,28)(H2,22,24,25,29).